The Balaban J connectivity index is 2.60. The first kappa shape index (κ1) is 15.4. The summed E-state index contributed by atoms with van der Waals surface area (Å²) in [5.41, 5.74) is 5.73. The second-order valence-corrected chi connectivity index (χ2v) is 5.58. The fourth-order valence-electron chi connectivity index (χ4n) is 2.39. The molecular weight excluding hydrogens is 248 g/mol. The van der Waals surface area contributed by atoms with Gasteiger partial charge in [0.25, 0.3) is 0 Å². The van der Waals surface area contributed by atoms with Crippen molar-refractivity contribution in [2.24, 2.45) is 11.1 Å². The van der Waals surface area contributed by atoms with Crippen molar-refractivity contribution in [3.63, 3.8) is 0 Å². The molecule has 1 aliphatic rings. The van der Waals surface area contributed by atoms with E-state index in [1.807, 2.05) is 13.8 Å². The topological polar surface area (TPSA) is 55.6 Å². The molecule has 4 nitrogen and oxygen atoms in total. The second kappa shape index (κ2) is 6.48. The number of rotatable bonds is 5. The van der Waals surface area contributed by atoms with Crippen LogP contribution in [0.1, 0.15) is 40.0 Å². The van der Waals surface area contributed by atoms with Crippen LogP contribution < -0.4 is 5.73 Å². The van der Waals surface area contributed by atoms with Gasteiger partial charge >= 0.3 is 5.97 Å². The summed E-state index contributed by atoms with van der Waals surface area (Å²) in [7, 11) is 0. The molecule has 0 aromatic heterocycles. The fourth-order valence-corrected chi connectivity index (χ4v) is 2.59. The van der Waals surface area contributed by atoms with E-state index in [1.165, 1.54) is 0 Å². The molecular formula is C13H24N2O2S. The van der Waals surface area contributed by atoms with Gasteiger partial charge < -0.3 is 10.5 Å². The number of hydrogen-bond acceptors (Lipinski definition) is 4. The molecule has 0 amide bonds. The van der Waals surface area contributed by atoms with Crippen LogP contribution in [-0.4, -0.2) is 41.6 Å². The van der Waals surface area contributed by atoms with Gasteiger partial charge in [0.05, 0.1) is 11.6 Å². The van der Waals surface area contributed by atoms with Crippen molar-refractivity contribution in [3.8, 4) is 0 Å². The van der Waals surface area contributed by atoms with E-state index in [4.69, 9.17) is 22.7 Å². The molecule has 2 N–H and O–H groups in total. The third-order valence-corrected chi connectivity index (χ3v) is 4.38. The van der Waals surface area contributed by atoms with Gasteiger partial charge in [0.1, 0.15) is 6.04 Å². The maximum absolute atomic E-state index is 11.9. The van der Waals surface area contributed by atoms with E-state index in [9.17, 15) is 4.79 Å². The third-order valence-electron chi connectivity index (χ3n) is 3.88. The van der Waals surface area contributed by atoms with E-state index < -0.39 is 0 Å². The Morgan fingerprint density at radius 1 is 1.44 bits per heavy atom. The maximum atomic E-state index is 11.9. The van der Waals surface area contributed by atoms with Gasteiger partial charge in [-0.15, -0.1) is 0 Å². The van der Waals surface area contributed by atoms with Crippen molar-refractivity contribution >= 4 is 23.2 Å². The summed E-state index contributed by atoms with van der Waals surface area (Å²) in [6.07, 6.45) is 2.61. The van der Waals surface area contributed by atoms with Gasteiger partial charge in [0.15, 0.2) is 0 Å². The fraction of sp³-hybridized carbons (Fsp3) is 0.846. The zero-order valence-electron chi connectivity index (χ0n) is 11.6. The predicted octanol–water partition coefficient (Wildman–Crippen LogP) is 1.72. The molecule has 1 rings (SSSR count). The van der Waals surface area contributed by atoms with Gasteiger partial charge in [-0.25, -0.2) is 0 Å². The van der Waals surface area contributed by atoms with E-state index in [1.54, 1.807) is 0 Å². The molecule has 0 bridgehead atoms. The van der Waals surface area contributed by atoms with Crippen LogP contribution in [0.3, 0.4) is 0 Å². The van der Waals surface area contributed by atoms with Gasteiger partial charge in [0, 0.05) is 5.41 Å². The number of nitrogens with two attached hydrogens (primary N) is 1. The molecule has 1 atom stereocenters. The number of nitrogens with zero attached hydrogens (tertiary/aromatic N) is 1. The highest BCUT2D eigenvalue weighted by Gasteiger charge is 2.36. The van der Waals surface area contributed by atoms with Crippen molar-refractivity contribution < 1.29 is 9.53 Å². The van der Waals surface area contributed by atoms with Crippen molar-refractivity contribution in [2.75, 3.05) is 19.7 Å². The molecule has 0 aromatic carbocycles. The highest BCUT2D eigenvalue weighted by Crippen LogP contribution is 2.32. The van der Waals surface area contributed by atoms with E-state index >= 15 is 0 Å². The van der Waals surface area contributed by atoms with Crippen molar-refractivity contribution in [1.82, 2.24) is 4.90 Å². The highest BCUT2D eigenvalue weighted by atomic mass is 32.1. The Morgan fingerprint density at radius 3 is 2.39 bits per heavy atom. The number of carbonyl (C=O) groups is 1. The first-order valence-electron chi connectivity index (χ1n) is 6.65. The van der Waals surface area contributed by atoms with E-state index in [0.29, 0.717) is 11.6 Å². The quantitative estimate of drug-likeness (QED) is 0.610. The van der Waals surface area contributed by atoms with Crippen LogP contribution in [0, 0.1) is 5.41 Å². The molecule has 0 spiro atoms. The summed E-state index contributed by atoms with van der Waals surface area (Å²) in [5.74, 6) is -0.112. The number of thiocarbonyl (C=S) groups is 1. The van der Waals surface area contributed by atoms with Crippen LogP contribution in [0.5, 0.6) is 0 Å². The molecule has 18 heavy (non-hydrogen) atoms. The summed E-state index contributed by atoms with van der Waals surface area (Å²) >= 11 is 5.12. The second-order valence-electron chi connectivity index (χ2n) is 5.14. The van der Waals surface area contributed by atoms with E-state index in [2.05, 4.69) is 11.8 Å². The Labute approximate surface area is 115 Å². The Morgan fingerprint density at radius 2 is 2.00 bits per heavy atom. The van der Waals surface area contributed by atoms with Crippen LogP contribution >= 0.6 is 12.2 Å². The van der Waals surface area contributed by atoms with E-state index in [-0.39, 0.29) is 17.4 Å². The minimum absolute atomic E-state index is 0.0568. The molecule has 5 heteroatoms. The van der Waals surface area contributed by atoms with Gasteiger partial charge in [-0.05, 0) is 39.3 Å². The SMILES string of the molecule is CCOC(=O)C(CC)N1CCC(C)(C(N)=S)CC1. The van der Waals surface area contributed by atoms with Gasteiger partial charge in [-0.3, -0.25) is 9.69 Å². The number of hydrogen-bond donors (Lipinski definition) is 1. The zero-order valence-corrected chi connectivity index (χ0v) is 12.4. The largest absolute Gasteiger partial charge is 0.465 e. The van der Waals surface area contributed by atoms with Crippen LogP contribution in [0.15, 0.2) is 0 Å². The number of esters is 1. The molecule has 0 saturated carbocycles. The first-order valence-corrected chi connectivity index (χ1v) is 7.06. The van der Waals surface area contributed by atoms with Crippen molar-refractivity contribution in [1.29, 1.82) is 0 Å². The van der Waals surface area contributed by atoms with Crippen LogP contribution in [0.4, 0.5) is 0 Å². The summed E-state index contributed by atoms with van der Waals surface area (Å²) < 4.78 is 5.12. The average molecular weight is 272 g/mol. The third kappa shape index (κ3) is 3.42. The first-order chi connectivity index (χ1) is 8.44. The monoisotopic (exact) mass is 272 g/mol. The normalized spacial score (nSPS) is 21.3. The molecule has 0 aromatic rings. The van der Waals surface area contributed by atoms with Gasteiger partial charge in [-0.1, -0.05) is 26.1 Å². The highest BCUT2D eigenvalue weighted by molar-refractivity contribution is 7.80. The number of carbonyl (C=O) groups excluding carboxylic acids is 1. The molecule has 0 aliphatic carbocycles. The van der Waals surface area contributed by atoms with Crippen LogP contribution in [-0.2, 0) is 9.53 Å². The lowest BCUT2D eigenvalue weighted by atomic mass is 9.80. The smallest absolute Gasteiger partial charge is 0.323 e. The molecule has 104 valence electrons. The van der Waals surface area contributed by atoms with Crippen molar-refractivity contribution in [2.45, 2.75) is 46.1 Å². The molecule has 1 fully saturated rings. The number of likely N-dealkylation sites (tertiary alicyclic amines) is 1. The minimum Gasteiger partial charge on any atom is -0.465 e. The van der Waals surface area contributed by atoms with E-state index in [0.717, 1.165) is 32.4 Å². The average Bonchev–Trinajstić information content (AvgIpc) is 2.33. The number of ether oxygens (including phenoxy) is 1. The maximum Gasteiger partial charge on any atom is 0.323 e. The van der Waals surface area contributed by atoms with Gasteiger partial charge in [-0.2, -0.15) is 0 Å². The minimum atomic E-state index is -0.124. The lowest BCUT2D eigenvalue weighted by molar-refractivity contribution is -0.150. The Hall–Kier alpha value is -0.680. The van der Waals surface area contributed by atoms with Gasteiger partial charge in [0.2, 0.25) is 0 Å². The Kier molecular flexibility index (Phi) is 5.53. The Bertz CT molecular complexity index is 312. The van der Waals surface area contributed by atoms with Crippen molar-refractivity contribution in [3.05, 3.63) is 0 Å². The summed E-state index contributed by atoms with van der Waals surface area (Å²) in [4.78, 5) is 14.6. The zero-order chi connectivity index (χ0) is 13.8. The molecule has 1 unspecified atom stereocenters. The summed E-state index contributed by atoms with van der Waals surface area (Å²) in [6, 6.07) is -0.124. The number of piperidine rings is 1. The standard InChI is InChI=1S/C13H24N2O2S/c1-4-10(11(16)17-5-2)15-8-6-13(3,7-9-15)12(14)18/h10H,4-9H2,1-3H3,(H2,14,18). The summed E-state index contributed by atoms with van der Waals surface area (Å²) in [5, 5.41) is 0. The molecule has 1 heterocycles. The van der Waals surface area contributed by atoms with Crippen LogP contribution in [0.2, 0.25) is 0 Å². The van der Waals surface area contributed by atoms with Crippen LogP contribution in [0.25, 0.3) is 0 Å². The lowest BCUT2D eigenvalue weighted by Gasteiger charge is -2.41. The molecule has 1 aliphatic heterocycles. The molecule has 0 radical (unpaired) electrons. The summed E-state index contributed by atoms with van der Waals surface area (Å²) in [6.45, 7) is 8.11. The lowest BCUT2D eigenvalue weighted by Crippen LogP contribution is -2.50. The molecule has 1 saturated heterocycles. The predicted molar refractivity (Wildman–Crippen MR) is 76.4 cm³/mol.